The van der Waals surface area contributed by atoms with E-state index in [1.54, 1.807) is 0 Å². The first kappa shape index (κ1) is 17.0. The summed E-state index contributed by atoms with van der Waals surface area (Å²) in [5, 5.41) is 3.33. The number of hydrogen-bond acceptors (Lipinski definition) is 7. The lowest BCUT2D eigenvalue weighted by Gasteiger charge is -2.28. The summed E-state index contributed by atoms with van der Waals surface area (Å²) in [7, 11) is 0. The highest BCUT2D eigenvalue weighted by molar-refractivity contribution is 5.56. The Bertz CT molecular complexity index is 696. The molecule has 0 atom stereocenters. The van der Waals surface area contributed by atoms with Crippen molar-refractivity contribution in [2.75, 3.05) is 54.5 Å². The van der Waals surface area contributed by atoms with Crippen LogP contribution in [0.1, 0.15) is 25.7 Å². The van der Waals surface area contributed by atoms with Crippen molar-refractivity contribution in [3.8, 4) is 0 Å². The molecule has 7 heteroatoms. The maximum Gasteiger partial charge on any atom is 0.233 e. The van der Waals surface area contributed by atoms with Gasteiger partial charge in [-0.05, 0) is 25.0 Å². The zero-order valence-corrected chi connectivity index (χ0v) is 15.1. The molecule has 1 aromatic carbocycles. The zero-order chi connectivity index (χ0) is 17.6. The number of anilines is 4. The molecule has 0 unspecified atom stereocenters. The van der Waals surface area contributed by atoms with Crippen LogP contribution in [0, 0.1) is 0 Å². The summed E-state index contributed by atoms with van der Waals surface area (Å²) in [5.41, 5.74) is 0.980. The summed E-state index contributed by atoms with van der Waals surface area (Å²) >= 11 is 0. The molecule has 0 bridgehead atoms. The Morgan fingerprint density at radius 3 is 2.00 bits per heavy atom. The molecule has 2 fully saturated rings. The lowest BCUT2D eigenvalue weighted by Crippen LogP contribution is -2.38. The van der Waals surface area contributed by atoms with Crippen LogP contribution in [-0.2, 0) is 4.74 Å². The molecular weight excluding hydrogens is 328 g/mol. The van der Waals surface area contributed by atoms with Gasteiger partial charge in [-0.3, -0.25) is 0 Å². The van der Waals surface area contributed by atoms with Gasteiger partial charge in [-0.25, -0.2) is 0 Å². The third-order valence-electron chi connectivity index (χ3n) is 4.82. The molecule has 0 amide bonds. The molecule has 1 N–H and O–H groups in total. The van der Waals surface area contributed by atoms with Crippen LogP contribution >= 0.6 is 0 Å². The van der Waals surface area contributed by atoms with E-state index < -0.39 is 0 Å². The van der Waals surface area contributed by atoms with Gasteiger partial charge in [0.25, 0.3) is 0 Å². The van der Waals surface area contributed by atoms with Crippen molar-refractivity contribution in [3.05, 3.63) is 30.3 Å². The molecule has 0 saturated carbocycles. The predicted octanol–water partition coefficient (Wildman–Crippen LogP) is 2.83. The topological polar surface area (TPSA) is 66.4 Å². The van der Waals surface area contributed by atoms with Crippen LogP contribution in [0.2, 0.25) is 0 Å². The Balaban J connectivity index is 1.64. The monoisotopic (exact) mass is 354 g/mol. The summed E-state index contributed by atoms with van der Waals surface area (Å²) in [6.45, 7) is 5.08. The van der Waals surface area contributed by atoms with E-state index in [-0.39, 0.29) is 0 Å². The zero-order valence-electron chi connectivity index (χ0n) is 15.1. The number of benzene rings is 1. The van der Waals surface area contributed by atoms with E-state index in [2.05, 4.69) is 20.1 Å². The molecule has 26 heavy (non-hydrogen) atoms. The number of para-hydroxylation sites is 1. The number of hydrogen-bond donors (Lipinski definition) is 1. The molecule has 1 aromatic heterocycles. The predicted molar refractivity (Wildman–Crippen MR) is 103 cm³/mol. The van der Waals surface area contributed by atoms with Gasteiger partial charge in [-0.1, -0.05) is 31.0 Å². The molecule has 138 valence electrons. The Morgan fingerprint density at radius 1 is 0.731 bits per heavy atom. The number of ether oxygens (including phenoxy) is 1. The highest BCUT2D eigenvalue weighted by atomic mass is 16.5. The van der Waals surface area contributed by atoms with Crippen molar-refractivity contribution >= 4 is 23.5 Å². The van der Waals surface area contributed by atoms with Gasteiger partial charge in [-0.15, -0.1) is 0 Å². The van der Waals surface area contributed by atoms with Crippen LogP contribution in [0.4, 0.5) is 23.5 Å². The average Bonchev–Trinajstić information content (AvgIpc) is 2.99. The van der Waals surface area contributed by atoms with Crippen molar-refractivity contribution in [3.63, 3.8) is 0 Å². The Hall–Kier alpha value is -2.41. The molecule has 2 aliphatic rings. The van der Waals surface area contributed by atoms with Gasteiger partial charge in [0.05, 0.1) is 13.2 Å². The van der Waals surface area contributed by atoms with Crippen molar-refractivity contribution in [2.45, 2.75) is 25.7 Å². The van der Waals surface area contributed by atoms with E-state index in [0.717, 1.165) is 43.8 Å². The number of morpholine rings is 1. The van der Waals surface area contributed by atoms with Crippen molar-refractivity contribution < 1.29 is 4.74 Å². The first-order chi connectivity index (χ1) is 12.9. The normalized spacial score (nSPS) is 18.5. The van der Waals surface area contributed by atoms with Gasteiger partial charge in [0.15, 0.2) is 0 Å². The van der Waals surface area contributed by atoms with Crippen molar-refractivity contribution in [2.24, 2.45) is 0 Å². The first-order valence-electron chi connectivity index (χ1n) is 9.54. The number of nitrogens with one attached hydrogen (secondary N) is 1. The molecule has 2 aromatic rings. The van der Waals surface area contributed by atoms with E-state index in [9.17, 15) is 0 Å². The third-order valence-corrected chi connectivity index (χ3v) is 4.82. The lowest BCUT2D eigenvalue weighted by atomic mass is 10.2. The summed E-state index contributed by atoms with van der Waals surface area (Å²) < 4.78 is 5.47. The van der Waals surface area contributed by atoms with Crippen LogP contribution in [0.15, 0.2) is 30.3 Å². The quantitative estimate of drug-likeness (QED) is 0.905. The average molecular weight is 354 g/mol. The molecule has 3 heterocycles. The minimum atomic E-state index is 0.604. The van der Waals surface area contributed by atoms with Gasteiger partial charge in [0.2, 0.25) is 17.8 Å². The highest BCUT2D eigenvalue weighted by Gasteiger charge is 2.20. The van der Waals surface area contributed by atoms with Gasteiger partial charge >= 0.3 is 0 Å². The molecule has 0 spiro atoms. The van der Waals surface area contributed by atoms with Crippen molar-refractivity contribution in [1.82, 2.24) is 15.0 Å². The fourth-order valence-electron chi connectivity index (χ4n) is 3.38. The minimum absolute atomic E-state index is 0.604. The summed E-state index contributed by atoms with van der Waals surface area (Å²) in [6, 6.07) is 10.0. The van der Waals surface area contributed by atoms with Crippen molar-refractivity contribution in [1.29, 1.82) is 0 Å². The van der Waals surface area contributed by atoms with E-state index in [0.29, 0.717) is 19.2 Å². The Kier molecular flexibility index (Phi) is 5.44. The third kappa shape index (κ3) is 4.22. The highest BCUT2D eigenvalue weighted by Crippen LogP contribution is 2.22. The van der Waals surface area contributed by atoms with Gasteiger partial charge in [0, 0.05) is 31.9 Å². The Labute approximate surface area is 154 Å². The largest absolute Gasteiger partial charge is 0.378 e. The Morgan fingerprint density at radius 2 is 1.35 bits per heavy atom. The van der Waals surface area contributed by atoms with E-state index in [4.69, 9.17) is 14.7 Å². The van der Waals surface area contributed by atoms with E-state index in [1.165, 1.54) is 25.7 Å². The second-order valence-electron chi connectivity index (χ2n) is 6.75. The fraction of sp³-hybridized carbons (Fsp3) is 0.526. The van der Waals surface area contributed by atoms with Crippen LogP contribution in [0.25, 0.3) is 0 Å². The summed E-state index contributed by atoms with van der Waals surface area (Å²) in [6.07, 6.45) is 4.96. The molecular formula is C19H26N6O. The van der Waals surface area contributed by atoms with Gasteiger partial charge in [0.1, 0.15) is 0 Å². The number of nitrogens with zero attached hydrogens (tertiary/aromatic N) is 5. The maximum absolute atomic E-state index is 5.47. The maximum atomic E-state index is 5.47. The molecule has 2 saturated heterocycles. The first-order valence-corrected chi connectivity index (χ1v) is 9.54. The summed E-state index contributed by atoms with van der Waals surface area (Å²) in [4.78, 5) is 18.7. The molecule has 0 aliphatic carbocycles. The molecule has 2 aliphatic heterocycles. The van der Waals surface area contributed by atoms with Gasteiger partial charge < -0.3 is 19.9 Å². The number of aromatic nitrogens is 3. The standard InChI is InChI=1S/C19H26N6O/c1-2-7-11-24(10-6-1)18-21-17(20-16-8-4-3-5-9-16)22-19(23-18)25-12-14-26-15-13-25/h3-5,8-9H,1-2,6-7,10-15H2,(H,20,21,22,23). The molecule has 0 radical (unpaired) electrons. The summed E-state index contributed by atoms with van der Waals surface area (Å²) in [5.74, 6) is 2.12. The fourth-order valence-corrected chi connectivity index (χ4v) is 3.38. The van der Waals surface area contributed by atoms with Crippen LogP contribution in [0.3, 0.4) is 0 Å². The smallest absolute Gasteiger partial charge is 0.233 e. The molecule has 4 rings (SSSR count). The second kappa shape index (κ2) is 8.31. The number of rotatable bonds is 4. The van der Waals surface area contributed by atoms with Crippen LogP contribution < -0.4 is 15.1 Å². The SMILES string of the molecule is c1ccc(Nc2nc(N3CCCCCC3)nc(N3CCOCC3)n2)cc1. The van der Waals surface area contributed by atoms with E-state index >= 15 is 0 Å². The van der Waals surface area contributed by atoms with Crippen LogP contribution in [-0.4, -0.2) is 54.3 Å². The van der Waals surface area contributed by atoms with Crippen LogP contribution in [0.5, 0.6) is 0 Å². The minimum Gasteiger partial charge on any atom is -0.378 e. The van der Waals surface area contributed by atoms with E-state index in [1.807, 2.05) is 30.3 Å². The molecule has 7 nitrogen and oxygen atoms in total. The lowest BCUT2D eigenvalue weighted by molar-refractivity contribution is 0.122. The van der Waals surface area contributed by atoms with Gasteiger partial charge in [-0.2, -0.15) is 15.0 Å². The second-order valence-corrected chi connectivity index (χ2v) is 6.75.